The third kappa shape index (κ3) is 64.8. The van der Waals surface area contributed by atoms with Crippen LogP contribution in [-0.2, 0) is 65.4 Å². The number of phosphoric ester groups is 2. The van der Waals surface area contributed by atoms with Gasteiger partial charge in [-0.1, -0.05) is 311 Å². The van der Waals surface area contributed by atoms with E-state index in [9.17, 15) is 43.2 Å². The van der Waals surface area contributed by atoms with Gasteiger partial charge in [0.05, 0.1) is 26.4 Å². The molecule has 0 heterocycles. The van der Waals surface area contributed by atoms with Crippen LogP contribution in [0.1, 0.15) is 363 Å². The molecule has 0 fully saturated rings. The molecule has 17 nitrogen and oxygen atoms in total. The molecule has 0 saturated heterocycles. The lowest BCUT2D eigenvalue weighted by molar-refractivity contribution is -0.161. The molecule has 0 spiro atoms. The van der Waals surface area contributed by atoms with E-state index in [1.807, 2.05) is 0 Å². The van der Waals surface area contributed by atoms with Crippen molar-refractivity contribution < 1.29 is 80.2 Å². The molecule has 0 amide bonds. The average Bonchev–Trinajstić information content (AvgIpc) is 3.62. The maximum Gasteiger partial charge on any atom is 0.472 e. The Kier molecular flexibility index (Phi) is 61.8. The van der Waals surface area contributed by atoms with Crippen molar-refractivity contribution >= 4 is 39.5 Å². The molecule has 3 N–H and O–H groups in total. The molecule has 0 aliphatic carbocycles. The van der Waals surface area contributed by atoms with Crippen LogP contribution in [0.3, 0.4) is 0 Å². The number of aliphatic hydroxyl groups is 1. The van der Waals surface area contributed by atoms with Gasteiger partial charge in [0.1, 0.15) is 19.3 Å². The van der Waals surface area contributed by atoms with Crippen LogP contribution in [0.15, 0.2) is 0 Å². The standard InChI is InChI=1S/C71H138O17P2/c1-7-9-11-13-15-17-18-19-20-21-22-31-37-43-49-55-70(75)87-67(60-82-69(74)54-48-42-36-30-25-23-28-33-39-45-51-63(3)4)62-86-90(79,80)84-58-65(72)57-83-89(77,78)85-61-66(59-81-68(73)53-47-41-35-27-16-14-12-10-8-2)88-71(76)56-50-44-38-32-26-24-29-34-40-46-52-64(5)6/h63-67,72H,7-62H2,1-6H3,(H,77,78)(H,79,80)/t65-,66+,67+/m0/s1. The maximum absolute atomic E-state index is 13.0. The number of rotatable bonds is 70. The SMILES string of the molecule is CCCCCCCCCCCCCCCCCC(=O)O[C@H](COC(=O)CCCCCCCCCCCCC(C)C)COP(=O)(O)OC[C@@H](O)COP(=O)(O)OC[C@@H](COC(=O)CCCCCCCCCCC)OC(=O)CCCCCCCCCCCCC(C)C. The summed E-state index contributed by atoms with van der Waals surface area (Å²) in [5.74, 6) is -0.612. The zero-order valence-electron chi connectivity index (χ0n) is 58.4. The summed E-state index contributed by atoms with van der Waals surface area (Å²) >= 11 is 0. The number of carbonyl (C=O) groups excluding carboxylic acids is 4. The van der Waals surface area contributed by atoms with Gasteiger partial charge in [0.25, 0.3) is 0 Å². The summed E-state index contributed by atoms with van der Waals surface area (Å²) in [6.45, 7) is 9.53. The number of esters is 4. The van der Waals surface area contributed by atoms with E-state index in [4.69, 9.17) is 37.0 Å². The zero-order chi connectivity index (χ0) is 66.5. The van der Waals surface area contributed by atoms with E-state index in [0.717, 1.165) is 102 Å². The van der Waals surface area contributed by atoms with Crippen molar-refractivity contribution in [2.45, 2.75) is 381 Å². The highest BCUT2D eigenvalue weighted by Gasteiger charge is 2.30. The molecular formula is C71H138O17P2. The second-order valence-corrected chi connectivity index (χ2v) is 29.5. The van der Waals surface area contributed by atoms with Crippen molar-refractivity contribution in [3.8, 4) is 0 Å². The number of aliphatic hydroxyl groups excluding tert-OH is 1. The van der Waals surface area contributed by atoms with Crippen LogP contribution < -0.4 is 0 Å². The molecule has 534 valence electrons. The molecule has 0 aromatic rings. The predicted octanol–water partition coefficient (Wildman–Crippen LogP) is 20.4. The predicted molar refractivity (Wildman–Crippen MR) is 363 cm³/mol. The first-order chi connectivity index (χ1) is 43.4. The molecule has 0 aliphatic rings. The number of phosphoric acid groups is 2. The Labute approximate surface area is 549 Å². The molecule has 0 bridgehead atoms. The molecule has 0 rings (SSSR count). The first kappa shape index (κ1) is 88.1. The van der Waals surface area contributed by atoms with E-state index in [1.54, 1.807) is 0 Å². The van der Waals surface area contributed by atoms with Gasteiger partial charge in [0.2, 0.25) is 0 Å². The van der Waals surface area contributed by atoms with E-state index in [2.05, 4.69) is 41.5 Å². The van der Waals surface area contributed by atoms with Crippen LogP contribution >= 0.6 is 15.6 Å². The van der Waals surface area contributed by atoms with E-state index in [1.165, 1.54) is 180 Å². The van der Waals surface area contributed by atoms with E-state index in [-0.39, 0.29) is 25.7 Å². The third-order valence-electron chi connectivity index (χ3n) is 16.5. The van der Waals surface area contributed by atoms with Gasteiger partial charge < -0.3 is 33.8 Å². The lowest BCUT2D eigenvalue weighted by Crippen LogP contribution is -2.30. The molecule has 2 unspecified atom stereocenters. The van der Waals surface area contributed by atoms with Gasteiger partial charge in [0.15, 0.2) is 12.2 Å². The Morgan fingerprint density at radius 2 is 0.511 bits per heavy atom. The summed E-state index contributed by atoms with van der Waals surface area (Å²) in [6, 6.07) is 0. The quantitative estimate of drug-likeness (QED) is 0.0222. The van der Waals surface area contributed by atoms with Crippen molar-refractivity contribution in [1.29, 1.82) is 0 Å². The number of carbonyl (C=O) groups is 4. The number of unbranched alkanes of at least 4 members (excludes halogenated alkanes) is 40. The van der Waals surface area contributed by atoms with Gasteiger partial charge in [-0.3, -0.25) is 37.3 Å². The first-order valence-corrected chi connectivity index (χ1v) is 40.0. The van der Waals surface area contributed by atoms with Crippen molar-refractivity contribution in [2.75, 3.05) is 39.6 Å². The fraction of sp³-hybridized carbons (Fsp3) is 0.944. The van der Waals surface area contributed by atoms with Gasteiger partial charge in [-0.05, 0) is 37.5 Å². The average molecular weight is 1330 g/mol. The van der Waals surface area contributed by atoms with Gasteiger partial charge in [-0.25, -0.2) is 9.13 Å². The first-order valence-electron chi connectivity index (χ1n) is 37.0. The van der Waals surface area contributed by atoms with Crippen molar-refractivity contribution in [3.63, 3.8) is 0 Å². The number of hydrogen-bond acceptors (Lipinski definition) is 15. The van der Waals surface area contributed by atoms with Gasteiger partial charge in [0, 0.05) is 25.7 Å². The highest BCUT2D eigenvalue weighted by Crippen LogP contribution is 2.45. The van der Waals surface area contributed by atoms with Crippen molar-refractivity contribution in [2.24, 2.45) is 11.8 Å². The smallest absolute Gasteiger partial charge is 0.462 e. The summed E-state index contributed by atoms with van der Waals surface area (Å²) in [5.41, 5.74) is 0. The van der Waals surface area contributed by atoms with Crippen LogP contribution in [0, 0.1) is 11.8 Å². The molecule has 90 heavy (non-hydrogen) atoms. The molecule has 0 saturated carbocycles. The number of hydrogen-bond donors (Lipinski definition) is 3. The number of ether oxygens (including phenoxy) is 4. The molecule has 0 radical (unpaired) electrons. The third-order valence-corrected chi connectivity index (χ3v) is 18.4. The van der Waals surface area contributed by atoms with Crippen molar-refractivity contribution in [3.05, 3.63) is 0 Å². The van der Waals surface area contributed by atoms with Crippen LogP contribution in [0.4, 0.5) is 0 Å². The van der Waals surface area contributed by atoms with Gasteiger partial charge >= 0.3 is 39.5 Å². The van der Waals surface area contributed by atoms with Crippen molar-refractivity contribution in [1.82, 2.24) is 0 Å². The second kappa shape index (κ2) is 63.1. The molecule has 0 aromatic heterocycles. The molecule has 5 atom stereocenters. The van der Waals surface area contributed by atoms with E-state index < -0.39 is 97.5 Å². The Bertz CT molecular complexity index is 1750. The summed E-state index contributed by atoms with van der Waals surface area (Å²) in [5, 5.41) is 10.6. The monoisotopic (exact) mass is 1320 g/mol. The van der Waals surface area contributed by atoms with Crippen LogP contribution in [0.5, 0.6) is 0 Å². The summed E-state index contributed by atoms with van der Waals surface area (Å²) in [4.78, 5) is 72.6. The second-order valence-electron chi connectivity index (χ2n) is 26.6. The Morgan fingerprint density at radius 3 is 0.756 bits per heavy atom. The van der Waals surface area contributed by atoms with Gasteiger partial charge in [-0.15, -0.1) is 0 Å². The van der Waals surface area contributed by atoms with Gasteiger partial charge in [-0.2, -0.15) is 0 Å². The Balaban J connectivity index is 5.24. The minimum Gasteiger partial charge on any atom is -0.462 e. The fourth-order valence-electron chi connectivity index (χ4n) is 10.8. The van der Waals surface area contributed by atoms with E-state index >= 15 is 0 Å². The normalized spacial score (nSPS) is 14.1. The Hall–Kier alpha value is -1.94. The molecular weight excluding hydrogens is 1190 g/mol. The molecule has 19 heteroatoms. The molecule has 0 aliphatic heterocycles. The van der Waals surface area contributed by atoms with Crippen LogP contribution in [-0.4, -0.2) is 96.7 Å². The van der Waals surface area contributed by atoms with Crippen LogP contribution in [0.25, 0.3) is 0 Å². The lowest BCUT2D eigenvalue weighted by Gasteiger charge is -2.21. The minimum absolute atomic E-state index is 0.106. The van der Waals surface area contributed by atoms with Crippen LogP contribution in [0.2, 0.25) is 0 Å². The molecule has 0 aromatic carbocycles. The minimum atomic E-state index is -4.95. The summed E-state index contributed by atoms with van der Waals surface area (Å²) in [7, 11) is -9.90. The van der Waals surface area contributed by atoms with E-state index in [0.29, 0.717) is 25.7 Å². The summed E-state index contributed by atoms with van der Waals surface area (Å²) < 4.78 is 68.3. The maximum atomic E-state index is 13.0. The lowest BCUT2D eigenvalue weighted by atomic mass is 10.0. The highest BCUT2D eigenvalue weighted by atomic mass is 31.2. The highest BCUT2D eigenvalue weighted by molar-refractivity contribution is 7.47. The largest absolute Gasteiger partial charge is 0.472 e. The summed E-state index contributed by atoms with van der Waals surface area (Å²) in [6.07, 6.45) is 48.5. The zero-order valence-corrected chi connectivity index (χ0v) is 60.2. The fourth-order valence-corrected chi connectivity index (χ4v) is 12.3. The topological polar surface area (TPSA) is 237 Å². The Morgan fingerprint density at radius 1 is 0.300 bits per heavy atom.